The molecule has 0 atom stereocenters. The lowest BCUT2D eigenvalue weighted by Gasteiger charge is -2.14. The summed E-state index contributed by atoms with van der Waals surface area (Å²) in [5.74, 6) is -0.117. The predicted molar refractivity (Wildman–Crippen MR) is 87.1 cm³/mol. The molecule has 104 valence electrons. The molecule has 0 aliphatic carbocycles. The number of carbonyl (C=O) groups is 1. The van der Waals surface area contributed by atoms with Gasteiger partial charge in [-0.2, -0.15) is 0 Å². The Morgan fingerprint density at radius 1 is 1.30 bits per heavy atom. The minimum Gasteiger partial charge on any atom is -0.399 e. The number of hydrogen-bond donors (Lipinski definition) is 2. The molecule has 0 aliphatic rings. The number of anilines is 2. The zero-order valence-electron chi connectivity index (χ0n) is 11.5. The number of carbonyl (C=O) groups excluding carboxylic acids is 1. The van der Waals surface area contributed by atoms with Gasteiger partial charge in [0.25, 0.3) is 5.91 Å². The van der Waals surface area contributed by atoms with Gasteiger partial charge in [0, 0.05) is 21.4 Å². The van der Waals surface area contributed by atoms with Crippen molar-refractivity contribution in [3.05, 3.63) is 57.6 Å². The summed E-state index contributed by atoms with van der Waals surface area (Å²) in [6, 6.07) is 11.1. The Labute approximate surface area is 127 Å². The van der Waals surface area contributed by atoms with Crippen molar-refractivity contribution in [3.8, 4) is 0 Å². The number of nitrogens with one attached hydrogen (secondary N) is 1. The van der Waals surface area contributed by atoms with Crippen molar-refractivity contribution >= 4 is 33.2 Å². The molecule has 0 heterocycles. The van der Waals surface area contributed by atoms with E-state index in [0.29, 0.717) is 5.56 Å². The van der Waals surface area contributed by atoms with Gasteiger partial charge in [0.2, 0.25) is 0 Å². The molecular weight excluding hydrogens is 316 g/mol. The highest BCUT2D eigenvalue weighted by molar-refractivity contribution is 9.10. The van der Waals surface area contributed by atoms with Crippen LogP contribution >= 0.6 is 15.9 Å². The SMILES string of the molecule is CCc1cc(N)cc(C)c1NC(=O)c1cccc(Br)c1. The lowest BCUT2D eigenvalue weighted by Crippen LogP contribution is -2.14. The van der Waals surface area contributed by atoms with Gasteiger partial charge in [-0.3, -0.25) is 4.79 Å². The first-order valence-corrected chi connectivity index (χ1v) is 7.26. The molecule has 3 N–H and O–H groups in total. The quantitative estimate of drug-likeness (QED) is 0.829. The molecule has 0 radical (unpaired) electrons. The Morgan fingerprint density at radius 3 is 2.70 bits per heavy atom. The van der Waals surface area contributed by atoms with E-state index in [1.54, 1.807) is 12.1 Å². The van der Waals surface area contributed by atoms with E-state index in [2.05, 4.69) is 21.2 Å². The van der Waals surface area contributed by atoms with Crippen LogP contribution in [-0.4, -0.2) is 5.91 Å². The van der Waals surface area contributed by atoms with Crippen LogP contribution < -0.4 is 11.1 Å². The second-order valence-corrected chi connectivity index (χ2v) is 5.61. The van der Waals surface area contributed by atoms with Crippen LogP contribution in [0.3, 0.4) is 0 Å². The number of benzene rings is 2. The van der Waals surface area contributed by atoms with Crippen LogP contribution in [0.25, 0.3) is 0 Å². The number of halogens is 1. The Kier molecular flexibility index (Phi) is 4.45. The van der Waals surface area contributed by atoms with Crippen LogP contribution in [0, 0.1) is 6.92 Å². The molecule has 0 aromatic heterocycles. The fourth-order valence-electron chi connectivity index (χ4n) is 2.16. The second-order valence-electron chi connectivity index (χ2n) is 4.69. The Morgan fingerprint density at radius 2 is 2.05 bits per heavy atom. The molecular formula is C16H17BrN2O. The Balaban J connectivity index is 2.32. The third kappa shape index (κ3) is 3.20. The van der Waals surface area contributed by atoms with Crippen LogP contribution in [0.5, 0.6) is 0 Å². The van der Waals surface area contributed by atoms with Gasteiger partial charge in [0.15, 0.2) is 0 Å². The lowest BCUT2D eigenvalue weighted by atomic mass is 10.0. The van der Waals surface area contributed by atoms with Crippen molar-refractivity contribution in [2.24, 2.45) is 0 Å². The number of amides is 1. The zero-order valence-corrected chi connectivity index (χ0v) is 13.1. The topological polar surface area (TPSA) is 55.1 Å². The smallest absolute Gasteiger partial charge is 0.255 e. The number of nitrogen functional groups attached to an aromatic ring is 1. The molecule has 3 nitrogen and oxygen atoms in total. The van der Waals surface area contributed by atoms with E-state index in [1.807, 2.05) is 38.1 Å². The number of nitrogens with two attached hydrogens (primary N) is 1. The highest BCUT2D eigenvalue weighted by Gasteiger charge is 2.11. The van der Waals surface area contributed by atoms with Gasteiger partial charge in [0.1, 0.15) is 0 Å². The highest BCUT2D eigenvalue weighted by Crippen LogP contribution is 2.25. The molecule has 0 spiro atoms. The van der Waals surface area contributed by atoms with Gasteiger partial charge in [-0.15, -0.1) is 0 Å². The summed E-state index contributed by atoms with van der Waals surface area (Å²) in [6.07, 6.45) is 0.819. The molecule has 0 fully saturated rings. The molecule has 1 amide bonds. The van der Waals surface area contributed by atoms with Crippen molar-refractivity contribution in [3.63, 3.8) is 0 Å². The average Bonchev–Trinajstić information content (AvgIpc) is 2.41. The van der Waals surface area contributed by atoms with Gasteiger partial charge in [0.05, 0.1) is 0 Å². The monoisotopic (exact) mass is 332 g/mol. The van der Waals surface area contributed by atoms with E-state index in [-0.39, 0.29) is 5.91 Å². The first-order valence-electron chi connectivity index (χ1n) is 6.47. The summed E-state index contributed by atoms with van der Waals surface area (Å²) in [7, 11) is 0. The van der Waals surface area contributed by atoms with E-state index < -0.39 is 0 Å². The summed E-state index contributed by atoms with van der Waals surface area (Å²) < 4.78 is 0.884. The lowest BCUT2D eigenvalue weighted by molar-refractivity contribution is 0.102. The molecule has 20 heavy (non-hydrogen) atoms. The minimum atomic E-state index is -0.117. The highest BCUT2D eigenvalue weighted by atomic mass is 79.9. The second kappa shape index (κ2) is 6.09. The van der Waals surface area contributed by atoms with Crippen molar-refractivity contribution in [1.29, 1.82) is 0 Å². The summed E-state index contributed by atoms with van der Waals surface area (Å²) in [6.45, 7) is 4.00. The fraction of sp³-hybridized carbons (Fsp3) is 0.188. The molecule has 0 saturated carbocycles. The summed E-state index contributed by atoms with van der Waals surface area (Å²) >= 11 is 3.37. The Bertz CT molecular complexity index is 653. The molecule has 2 aromatic rings. The van der Waals surface area contributed by atoms with Crippen LogP contribution in [0.15, 0.2) is 40.9 Å². The maximum atomic E-state index is 12.3. The van der Waals surface area contributed by atoms with Crippen LogP contribution in [0.1, 0.15) is 28.4 Å². The van der Waals surface area contributed by atoms with E-state index >= 15 is 0 Å². The van der Waals surface area contributed by atoms with Crippen molar-refractivity contribution in [2.75, 3.05) is 11.1 Å². The molecule has 2 rings (SSSR count). The van der Waals surface area contributed by atoms with Gasteiger partial charge in [-0.1, -0.05) is 28.9 Å². The third-order valence-electron chi connectivity index (χ3n) is 3.15. The fourth-order valence-corrected chi connectivity index (χ4v) is 2.56. The molecule has 0 aliphatic heterocycles. The zero-order chi connectivity index (χ0) is 14.7. The number of rotatable bonds is 3. The van der Waals surface area contributed by atoms with Crippen LogP contribution in [0.2, 0.25) is 0 Å². The van der Waals surface area contributed by atoms with E-state index in [1.165, 1.54) is 0 Å². The van der Waals surface area contributed by atoms with Crippen molar-refractivity contribution in [2.45, 2.75) is 20.3 Å². The van der Waals surface area contributed by atoms with Crippen molar-refractivity contribution < 1.29 is 4.79 Å². The van der Waals surface area contributed by atoms with Gasteiger partial charge < -0.3 is 11.1 Å². The van der Waals surface area contributed by atoms with E-state index in [9.17, 15) is 4.79 Å². The first-order chi connectivity index (χ1) is 9.51. The van der Waals surface area contributed by atoms with Gasteiger partial charge >= 0.3 is 0 Å². The summed E-state index contributed by atoms with van der Waals surface area (Å²) in [5.41, 5.74) is 10.1. The van der Waals surface area contributed by atoms with E-state index in [0.717, 1.165) is 33.4 Å². The van der Waals surface area contributed by atoms with Crippen LogP contribution in [0.4, 0.5) is 11.4 Å². The van der Waals surface area contributed by atoms with Crippen molar-refractivity contribution in [1.82, 2.24) is 0 Å². The molecule has 0 unspecified atom stereocenters. The first kappa shape index (κ1) is 14.6. The van der Waals surface area contributed by atoms with Gasteiger partial charge in [-0.05, 0) is 54.8 Å². The van der Waals surface area contributed by atoms with Crippen LogP contribution in [-0.2, 0) is 6.42 Å². The number of hydrogen-bond acceptors (Lipinski definition) is 2. The largest absolute Gasteiger partial charge is 0.399 e. The number of aryl methyl sites for hydroxylation is 2. The standard InChI is InChI=1S/C16H17BrN2O/c1-3-11-9-14(18)7-10(2)15(11)19-16(20)12-5-4-6-13(17)8-12/h4-9H,3,18H2,1-2H3,(H,19,20). The normalized spacial score (nSPS) is 10.3. The molecule has 0 bridgehead atoms. The molecule has 0 saturated heterocycles. The average molecular weight is 333 g/mol. The third-order valence-corrected chi connectivity index (χ3v) is 3.64. The summed E-state index contributed by atoms with van der Waals surface area (Å²) in [4.78, 5) is 12.3. The maximum absolute atomic E-state index is 12.3. The Hall–Kier alpha value is -1.81. The minimum absolute atomic E-state index is 0.117. The summed E-state index contributed by atoms with van der Waals surface area (Å²) in [5, 5.41) is 2.99. The molecule has 2 aromatic carbocycles. The maximum Gasteiger partial charge on any atom is 0.255 e. The van der Waals surface area contributed by atoms with E-state index in [4.69, 9.17) is 5.73 Å². The predicted octanol–water partition coefficient (Wildman–Crippen LogP) is 4.15. The van der Waals surface area contributed by atoms with Gasteiger partial charge in [-0.25, -0.2) is 0 Å². The molecule has 4 heteroatoms.